The predicted molar refractivity (Wildman–Crippen MR) is 114 cm³/mol. The number of nitrogens with zero attached hydrogens (tertiary/aromatic N) is 2. The van der Waals surface area contributed by atoms with Gasteiger partial charge in [0.25, 0.3) is 5.91 Å². The largest absolute Gasteiger partial charge is 0.451 e. The number of thiophene rings is 1. The zero-order valence-corrected chi connectivity index (χ0v) is 17.3. The van der Waals surface area contributed by atoms with Gasteiger partial charge in [-0.25, -0.2) is 9.97 Å². The Bertz CT molecular complexity index is 1110. The summed E-state index contributed by atoms with van der Waals surface area (Å²) in [5.41, 5.74) is 1.04. The molecule has 4 rings (SSSR count). The van der Waals surface area contributed by atoms with Gasteiger partial charge >= 0.3 is 0 Å². The van der Waals surface area contributed by atoms with E-state index in [1.54, 1.807) is 25.4 Å². The maximum Gasteiger partial charge on any atom is 0.287 e. The molecule has 0 fully saturated rings. The molecule has 4 aromatic rings. The fourth-order valence-corrected chi connectivity index (χ4v) is 4.54. The molecule has 0 bridgehead atoms. The van der Waals surface area contributed by atoms with Gasteiger partial charge < -0.3 is 14.8 Å². The van der Waals surface area contributed by atoms with Crippen LogP contribution in [0.1, 0.15) is 28.6 Å². The van der Waals surface area contributed by atoms with Crippen LogP contribution in [0.15, 0.2) is 69.1 Å². The highest BCUT2D eigenvalue weighted by atomic mass is 32.2. The highest BCUT2D eigenvalue weighted by molar-refractivity contribution is 7.98. The number of carbonyl (C=O) groups excluding carboxylic acids is 1. The molecule has 0 saturated carbocycles. The third-order valence-electron chi connectivity index (χ3n) is 4.53. The Kier molecular flexibility index (Phi) is 5.66. The van der Waals surface area contributed by atoms with Gasteiger partial charge in [0.05, 0.1) is 6.54 Å². The van der Waals surface area contributed by atoms with Gasteiger partial charge in [-0.15, -0.1) is 0 Å². The lowest BCUT2D eigenvalue weighted by atomic mass is 9.99. The standard InChI is InChI=1S/C21H19N3O3S2/c1-21(26,14-7-10-28-11-14)13-24-19(25)18-16(12-29-20-22-8-4-9-23-20)15-5-2-3-6-17(15)27-18/h2-11,26H,12-13H2,1H3,(H,24,25). The number of benzene rings is 1. The molecule has 0 radical (unpaired) electrons. The second-order valence-electron chi connectivity index (χ2n) is 6.69. The van der Waals surface area contributed by atoms with E-state index < -0.39 is 5.60 Å². The van der Waals surface area contributed by atoms with Crippen molar-refractivity contribution in [3.63, 3.8) is 0 Å². The zero-order chi connectivity index (χ0) is 20.3. The summed E-state index contributed by atoms with van der Waals surface area (Å²) in [6.45, 7) is 1.76. The number of para-hydroxylation sites is 1. The van der Waals surface area contributed by atoms with Crippen molar-refractivity contribution in [1.82, 2.24) is 15.3 Å². The van der Waals surface area contributed by atoms with Crippen molar-refractivity contribution in [2.75, 3.05) is 6.54 Å². The van der Waals surface area contributed by atoms with Gasteiger partial charge in [-0.2, -0.15) is 11.3 Å². The Morgan fingerprint density at radius 3 is 2.79 bits per heavy atom. The van der Waals surface area contributed by atoms with Gasteiger partial charge in [0.15, 0.2) is 10.9 Å². The van der Waals surface area contributed by atoms with E-state index in [0.717, 1.165) is 16.5 Å². The molecular weight excluding hydrogens is 406 g/mol. The van der Waals surface area contributed by atoms with Crippen LogP contribution in [0.25, 0.3) is 11.0 Å². The molecule has 0 aliphatic rings. The molecule has 6 nitrogen and oxygen atoms in total. The van der Waals surface area contributed by atoms with Crippen molar-refractivity contribution in [1.29, 1.82) is 0 Å². The van der Waals surface area contributed by atoms with Crippen molar-refractivity contribution < 1.29 is 14.3 Å². The summed E-state index contributed by atoms with van der Waals surface area (Å²) in [5, 5.41) is 18.8. The molecule has 3 aromatic heterocycles. The summed E-state index contributed by atoms with van der Waals surface area (Å²) in [6, 6.07) is 11.1. The van der Waals surface area contributed by atoms with Gasteiger partial charge in [0, 0.05) is 29.1 Å². The minimum Gasteiger partial charge on any atom is -0.451 e. The molecule has 1 atom stereocenters. The van der Waals surface area contributed by atoms with Crippen LogP contribution in [0.5, 0.6) is 0 Å². The van der Waals surface area contributed by atoms with E-state index in [0.29, 0.717) is 16.5 Å². The van der Waals surface area contributed by atoms with Gasteiger partial charge in [-0.3, -0.25) is 4.79 Å². The van der Waals surface area contributed by atoms with Crippen LogP contribution < -0.4 is 5.32 Å². The van der Waals surface area contributed by atoms with E-state index in [1.165, 1.54) is 23.1 Å². The Hall–Kier alpha value is -2.68. The fourth-order valence-electron chi connectivity index (χ4n) is 2.93. The first-order valence-corrected chi connectivity index (χ1v) is 10.9. The lowest BCUT2D eigenvalue weighted by Crippen LogP contribution is -2.38. The topological polar surface area (TPSA) is 88.2 Å². The molecule has 1 unspecified atom stereocenters. The number of nitrogens with one attached hydrogen (secondary N) is 1. The number of thioether (sulfide) groups is 1. The van der Waals surface area contributed by atoms with Crippen molar-refractivity contribution >= 4 is 40.0 Å². The summed E-state index contributed by atoms with van der Waals surface area (Å²) in [5.74, 6) is 0.377. The van der Waals surface area contributed by atoms with E-state index in [2.05, 4.69) is 15.3 Å². The summed E-state index contributed by atoms with van der Waals surface area (Å²) < 4.78 is 5.86. The van der Waals surface area contributed by atoms with Crippen LogP contribution in [0.4, 0.5) is 0 Å². The summed E-state index contributed by atoms with van der Waals surface area (Å²) in [6.07, 6.45) is 3.37. The van der Waals surface area contributed by atoms with Crippen LogP contribution in [0.3, 0.4) is 0 Å². The predicted octanol–water partition coefficient (Wildman–Crippen LogP) is 4.21. The van der Waals surface area contributed by atoms with Gasteiger partial charge in [-0.05, 0) is 41.4 Å². The first kappa shape index (κ1) is 19.6. The summed E-state index contributed by atoms with van der Waals surface area (Å²) in [7, 11) is 0. The number of hydrogen-bond donors (Lipinski definition) is 2. The van der Waals surface area contributed by atoms with Crippen LogP contribution in [-0.2, 0) is 11.4 Å². The lowest BCUT2D eigenvalue weighted by Gasteiger charge is -2.22. The van der Waals surface area contributed by atoms with Crippen molar-refractivity contribution in [3.8, 4) is 0 Å². The Labute approximate surface area is 176 Å². The summed E-state index contributed by atoms with van der Waals surface area (Å²) >= 11 is 2.94. The molecule has 0 aliphatic heterocycles. The highest BCUT2D eigenvalue weighted by Crippen LogP contribution is 2.31. The average molecular weight is 426 g/mol. The van der Waals surface area contributed by atoms with Crippen molar-refractivity contribution in [2.45, 2.75) is 23.4 Å². The van der Waals surface area contributed by atoms with E-state index in [4.69, 9.17) is 4.42 Å². The molecule has 1 aromatic carbocycles. The minimum atomic E-state index is -1.16. The third kappa shape index (κ3) is 4.34. The lowest BCUT2D eigenvalue weighted by molar-refractivity contribution is 0.0522. The molecule has 148 valence electrons. The number of rotatable bonds is 7. The molecule has 2 N–H and O–H groups in total. The normalized spacial score (nSPS) is 13.3. The van der Waals surface area contributed by atoms with Crippen LogP contribution in [0, 0.1) is 0 Å². The number of aliphatic hydroxyl groups is 1. The first-order valence-electron chi connectivity index (χ1n) is 8.98. The van der Waals surface area contributed by atoms with Crippen molar-refractivity contribution in [3.05, 3.63) is 76.4 Å². The monoisotopic (exact) mass is 425 g/mol. The van der Waals surface area contributed by atoms with Crippen LogP contribution in [-0.4, -0.2) is 27.5 Å². The molecule has 1 amide bonds. The molecule has 0 spiro atoms. The van der Waals surface area contributed by atoms with Crippen molar-refractivity contribution in [2.24, 2.45) is 0 Å². The molecule has 0 saturated heterocycles. The average Bonchev–Trinajstić information content (AvgIpc) is 3.40. The van der Waals surface area contributed by atoms with E-state index in [-0.39, 0.29) is 18.2 Å². The summed E-state index contributed by atoms with van der Waals surface area (Å²) in [4.78, 5) is 21.3. The molecule has 8 heteroatoms. The third-order valence-corrected chi connectivity index (χ3v) is 6.11. The number of furan rings is 1. The first-order chi connectivity index (χ1) is 14.0. The highest BCUT2D eigenvalue weighted by Gasteiger charge is 2.27. The zero-order valence-electron chi connectivity index (χ0n) is 15.7. The smallest absolute Gasteiger partial charge is 0.287 e. The van der Waals surface area contributed by atoms with E-state index >= 15 is 0 Å². The SMILES string of the molecule is CC(O)(CNC(=O)c1oc2ccccc2c1CSc1ncccn1)c1ccsc1. The van der Waals surface area contributed by atoms with Gasteiger partial charge in [0.2, 0.25) is 0 Å². The molecule has 3 heterocycles. The molecule has 29 heavy (non-hydrogen) atoms. The van der Waals surface area contributed by atoms with Crippen LogP contribution in [0.2, 0.25) is 0 Å². The fraction of sp³-hybridized carbons (Fsp3) is 0.190. The quantitative estimate of drug-likeness (QED) is 0.341. The van der Waals surface area contributed by atoms with E-state index in [9.17, 15) is 9.90 Å². The maximum absolute atomic E-state index is 12.9. The van der Waals surface area contributed by atoms with Crippen LogP contribution >= 0.6 is 23.1 Å². The van der Waals surface area contributed by atoms with Gasteiger partial charge in [0.1, 0.15) is 11.2 Å². The number of aromatic nitrogens is 2. The Morgan fingerprint density at radius 2 is 2.03 bits per heavy atom. The minimum absolute atomic E-state index is 0.0774. The second kappa shape index (κ2) is 8.36. The number of fused-ring (bicyclic) bond motifs is 1. The van der Waals surface area contributed by atoms with E-state index in [1.807, 2.05) is 41.1 Å². The number of amides is 1. The Morgan fingerprint density at radius 1 is 1.24 bits per heavy atom. The maximum atomic E-state index is 12.9. The Balaban J connectivity index is 1.56. The molecular formula is C21H19N3O3S2. The molecule has 0 aliphatic carbocycles. The number of hydrogen-bond acceptors (Lipinski definition) is 7. The second-order valence-corrected chi connectivity index (χ2v) is 8.42. The van der Waals surface area contributed by atoms with Gasteiger partial charge in [-0.1, -0.05) is 30.0 Å². The number of carbonyl (C=O) groups is 1.